The van der Waals surface area contributed by atoms with Crippen LogP contribution in [0, 0.1) is 18.7 Å². The van der Waals surface area contributed by atoms with Gasteiger partial charge < -0.3 is 20.2 Å². The van der Waals surface area contributed by atoms with Crippen molar-refractivity contribution in [3.05, 3.63) is 35.1 Å². The van der Waals surface area contributed by atoms with Crippen LogP contribution in [-0.2, 0) is 0 Å². The smallest absolute Gasteiger partial charge is 0.407 e. The Labute approximate surface area is 136 Å². The molecule has 0 saturated carbocycles. The van der Waals surface area contributed by atoms with Crippen molar-refractivity contribution in [2.75, 3.05) is 39.3 Å². The predicted molar refractivity (Wildman–Crippen MR) is 86.0 cm³/mol. The number of carboxylic acid groups (broad SMARTS) is 1. The van der Waals surface area contributed by atoms with Gasteiger partial charge in [0.05, 0.1) is 6.04 Å². The van der Waals surface area contributed by atoms with Gasteiger partial charge in [-0.05, 0) is 42.5 Å². The molecule has 2 aliphatic heterocycles. The van der Waals surface area contributed by atoms with Crippen LogP contribution >= 0.6 is 0 Å². The van der Waals surface area contributed by atoms with Crippen molar-refractivity contribution in [2.24, 2.45) is 5.92 Å². The van der Waals surface area contributed by atoms with E-state index in [9.17, 15) is 14.3 Å². The summed E-state index contributed by atoms with van der Waals surface area (Å²) < 4.78 is 13.4. The van der Waals surface area contributed by atoms with Gasteiger partial charge in [-0.2, -0.15) is 0 Å². The summed E-state index contributed by atoms with van der Waals surface area (Å²) in [6, 6.07) is 4.50. The first-order valence-electron chi connectivity index (χ1n) is 8.25. The highest BCUT2D eigenvalue weighted by atomic mass is 19.1. The van der Waals surface area contributed by atoms with Crippen molar-refractivity contribution < 1.29 is 14.3 Å². The number of nitrogens with zero attached hydrogens (tertiary/aromatic N) is 2. The van der Waals surface area contributed by atoms with E-state index in [1.54, 1.807) is 6.07 Å². The van der Waals surface area contributed by atoms with Crippen LogP contribution in [0.4, 0.5) is 9.18 Å². The third kappa shape index (κ3) is 3.48. The van der Waals surface area contributed by atoms with Crippen LogP contribution in [0.5, 0.6) is 0 Å². The Morgan fingerprint density at radius 2 is 2.09 bits per heavy atom. The Morgan fingerprint density at radius 1 is 1.35 bits per heavy atom. The third-order valence-corrected chi connectivity index (χ3v) is 5.02. The van der Waals surface area contributed by atoms with Gasteiger partial charge in [-0.1, -0.05) is 6.07 Å². The maximum Gasteiger partial charge on any atom is 0.407 e. The monoisotopic (exact) mass is 321 g/mol. The molecule has 2 atom stereocenters. The first-order valence-corrected chi connectivity index (χ1v) is 8.25. The zero-order valence-electron chi connectivity index (χ0n) is 13.5. The number of piperazine rings is 1. The zero-order valence-corrected chi connectivity index (χ0v) is 13.5. The summed E-state index contributed by atoms with van der Waals surface area (Å²) >= 11 is 0. The van der Waals surface area contributed by atoms with Gasteiger partial charge in [0.2, 0.25) is 0 Å². The van der Waals surface area contributed by atoms with E-state index in [1.807, 2.05) is 6.92 Å². The molecular weight excluding hydrogens is 297 g/mol. The van der Waals surface area contributed by atoms with Crippen LogP contribution in [0.2, 0.25) is 0 Å². The molecule has 5 nitrogen and oxygen atoms in total. The number of aryl methyl sites for hydroxylation is 1. The molecule has 0 unspecified atom stereocenters. The number of hydrogen-bond acceptors (Lipinski definition) is 3. The number of carbonyl (C=O) groups is 1. The Kier molecular flexibility index (Phi) is 4.82. The van der Waals surface area contributed by atoms with E-state index in [1.165, 1.54) is 17.0 Å². The molecule has 2 fully saturated rings. The van der Waals surface area contributed by atoms with Gasteiger partial charge in [0.15, 0.2) is 0 Å². The standard InChI is InChI=1S/C17H24FN3O2/c1-12-10-14(18)2-3-15(12)16-13(4-7-21(16)17(22)23)11-20-8-5-19-6-9-20/h2-3,10,13,16,19H,4-9,11H2,1H3,(H,22,23)/t13-,16+/m0/s1. The van der Waals surface area contributed by atoms with E-state index >= 15 is 0 Å². The fourth-order valence-corrected chi connectivity index (χ4v) is 3.88. The van der Waals surface area contributed by atoms with Crippen LogP contribution in [0.15, 0.2) is 18.2 Å². The number of hydrogen-bond donors (Lipinski definition) is 2. The van der Waals surface area contributed by atoms with Crippen LogP contribution < -0.4 is 5.32 Å². The predicted octanol–water partition coefficient (Wildman–Crippen LogP) is 2.08. The normalized spacial score (nSPS) is 25.7. The maximum absolute atomic E-state index is 13.4. The SMILES string of the molecule is Cc1cc(F)ccc1[C@H]1[C@H](CN2CCNCC2)CCN1C(=O)O. The fraction of sp³-hybridized carbons (Fsp3) is 0.588. The van der Waals surface area contributed by atoms with Crippen LogP contribution in [0.25, 0.3) is 0 Å². The van der Waals surface area contributed by atoms with Gasteiger partial charge in [0.25, 0.3) is 0 Å². The highest BCUT2D eigenvalue weighted by Crippen LogP contribution is 2.39. The van der Waals surface area contributed by atoms with Gasteiger partial charge in [0, 0.05) is 39.3 Å². The van der Waals surface area contributed by atoms with Crippen molar-refractivity contribution in [1.29, 1.82) is 0 Å². The Balaban J connectivity index is 1.84. The largest absolute Gasteiger partial charge is 0.465 e. The second kappa shape index (κ2) is 6.84. The minimum Gasteiger partial charge on any atom is -0.465 e. The molecule has 6 heteroatoms. The molecule has 0 bridgehead atoms. The highest BCUT2D eigenvalue weighted by molar-refractivity contribution is 5.66. The summed E-state index contributed by atoms with van der Waals surface area (Å²) in [5, 5.41) is 12.9. The maximum atomic E-state index is 13.4. The molecule has 2 aliphatic rings. The molecule has 2 heterocycles. The van der Waals surface area contributed by atoms with Crippen molar-refractivity contribution in [1.82, 2.24) is 15.1 Å². The van der Waals surface area contributed by atoms with Gasteiger partial charge >= 0.3 is 6.09 Å². The summed E-state index contributed by atoms with van der Waals surface area (Å²) in [6.07, 6.45) is -0.0286. The first-order chi connectivity index (χ1) is 11.1. The molecule has 2 saturated heterocycles. The molecule has 1 aromatic carbocycles. The lowest BCUT2D eigenvalue weighted by Crippen LogP contribution is -2.46. The number of halogens is 1. The molecular formula is C17H24FN3O2. The average molecular weight is 321 g/mol. The zero-order chi connectivity index (χ0) is 16.4. The molecule has 126 valence electrons. The quantitative estimate of drug-likeness (QED) is 0.895. The second-order valence-corrected chi connectivity index (χ2v) is 6.52. The number of benzene rings is 1. The molecule has 3 rings (SSSR count). The number of nitrogens with one attached hydrogen (secondary N) is 1. The van der Waals surface area contributed by atoms with Gasteiger partial charge in [-0.15, -0.1) is 0 Å². The van der Waals surface area contributed by atoms with Crippen molar-refractivity contribution >= 4 is 6.09 Å². The van der Waals surface area contributed by atoms with E-state index in [4.69, 9.17) is 0 Å². The van der Waals surface area contributed by atoms with E-state index in [2.05, 4.69) is 10.2 Å². The van der Waals surface area contributed by atoms with Gasteiger partial charge in [-0.25, -0.2) is 9.18 Å². The van der Waals surface area contributed by atoms with Crippen LogP contribution in [0.3, 0.4) is 0 Å². The number of rotatable bonds is 3. The summed E-state index contributed by atoms with van der Waals surface area (Å²) in [5.41, 5.74) is 1.76. The summed E-state index contributed by atoms with van der Waals surface area (Å²) in [5.74, 6) is -0.0156. The average Bonchev–Trinajstić information content (AvgIpc) is 2.92. The Hall–Kier alpha value is -1.66. The van der Waals surface area contributed by atoms with Crippen molar-refractivity contribution in [2.45, 2.75) is 19.4 Å². The molecule has 0 spiro atoms. The fourth-order valence-electron chi connectivity index (χ4n) is 3.88. The molecule has 23 heavy (non-hydrogen) atoms. The number of likely N-dealkylation sites (tertiary alicyclic amines) is 1. The van der Waals surface area contributed by atoms with Crippen molar-refractivity contribution in [3.63, 3.8) is 0 Å². The molecule has 1 aromatic rings. The van der Waals surface area contributed by atoms with E-state index < -0.39 is 6.09 Å². The Morgan fingerprint density at radius 3 is 2.74 bits per heavy atom. The summed E-state index contributed by atoms with van der Waals surface area (Å²) in [4.78, 5) is 15.6. The van der Waals surface area contributed by atoms with Crippen LogP contribution in [0.1, 0.15) is 23.6 Å². The Bertz CT molecular complexity index is 575. The minimum atomic E-state index is -0.887. The second-order valence-electron chi connectivity index (χ2n) is 6.52. The molecule has 0 radical (unpaired) electrons. The lowest BCUT2D eigenvalue weighted by atomic mass is 9.90. The molecule has 0 aliphatic carbocycles. The lowest BCUT2D eigenvalue weighted by Gasteiger charge is -2.33. The van der Waals surface area contributed by atoms with E-state index in [0.29, 0.717) is 6.54 Å². The first kappa shape index (κ1) is 16.2. The summed E-state index contributed by atoms with van der Waals surface area (Å²) in [7, 11) is 0. The third-order valence-electron chi connectivity index (χ3n) is 5.02. The highest BCUT2D eigenvalue weighted by Gasteiger charge is 2.39. The molecule has 1 amide bonds. The van der Waals surface area contributed by atoms with E-state index in [0.717, 1.165) is 50.3 Å². The van der Waals surface area contributed by atoms with Gasteiger partial charge in [0.1, 0.15) is 5.82 Å². The van der Waals surface area contributed by atoms with Gasteiger partial charge in [-0.3, -0.25) is 0 Å². The molecule has 2 N–H and O–H groups in total. The molecule has 0 aromatic heterocycles. The lowest BCUT2D eigenvalue weighted by molar-refractivity contribution is 0.126. The summed E-state index contributed by atoms with van der Waals surface area (Å²) in [6.45, 7) is 7.27. The number of amides is 1. The minimum absolute atomic E-state index is 0.178. The topological polar surface area (TPSA) is 55.8 Å². The van der Waals surface area contributed by atoms with E-state index in [-0.39, 0.29) is 17.8 Å². The van der Waals surface area contributed by atoms with Crippen molar-refractivity contribution in [3.8, 4) is 0 Å². The van der Waals surface area contributed by atoms with Crippen LogP contribution in [-0.4, -0.2) is 60.3 Å².